The van der Waals surface area contributed by atoms with Gasteiger partial charge in [-0.1, -0.05) is 0 Å². The Morgan fingerprint density at radius 2 is 1.59 bits per heavy atom. The summed E-state index contributed by atoms with van der Waals surface area (Å²) in [6.45, 7) is 4.94. The second-order valence-electron chi connectivity index (χ2n) is 6.50. The monoisotopic (exact) mass is 371 g/mol. The van der Waals surface area contributed by atoms with Crippen LogP contribution in [0.5, 0.6) is 0 Å². The van der Waals surface area contributed by atoms with Crippen molar-refractivity contribution in [3.05, 3.63) is 59.7 Å². The van der Waals surface area contributed by atoms with Gasteiger partial charge in [-0.05, 0) is 25.1 Å². The second-order valence-corrected chi connectivity index (χ2v) is 6.50. The number of rotatable bonds is 4. The van der Waals surface area contributed by atoms with E-state index in [0.29, 0.717) is 32.0 Å². The molecule has 3 aromatic heterocycles. The van der Waals surface area contributed by atoms with Crippen LogP contribution < -0.4 is 4.90 Å². The van der Waals surface area contributed by atoms with Gasteiger partial charge in [0.2, 0.25) is 0 Å². The predicted molar refractivity (Wildman–Crippen MR) is 95.5 cm³/mol. The summed E-state index contributed by atoms with van der Waals surface area (Å²) in [5.74, 6) is 0.234. The van der Waals surface area contributed by atoms with Crippen LogP contribution in [0.1, 0.15) is 11.3 Å². The topological polar surface area (TPSA) is 63.0 Å². The SMILES string of the molecule is Cc1ccn(-c2ccc(N3CCN(Cc4c(F)cncc4F)CC3)nn2)n1. The van der Waals surface area contributed by atoms with Crippen LogP contribution in [0.15, 0.2) is 36.8 Å². The normalized spacial score (nSPS) is 15.3. The number of hydrogen-bond acceptors (Lipinski definition) is 6. The zero-order valence-corrected chi connectivity index (χ0v) is 14.9. The van der Waals surface area contributed by atoms with E-state index in [4.69, 9.17) is 0 Å². The largest absolute Gasteiger partial charge is 0.353 e. The van der Waals surface area contributed by atoms with Crippen molar-refractivity contribution < 1.29 is 8.78 Å². The Kier molecular flexibility index (Phi) is 4.76. The van der Waals surface area contributed by atoms with E-state index in [1.54, 1.807) is 4.68 Å². The molecule has 0 unspecified atom stereocenters. The second kappa shape index (κ2) is 7.36. The molecule has 1 fully saturated rings. The van der Waals surface area contributed by atoms with Crippen molar-refractivity contribution in [1.82, 2.24) is 29.9 Å². The van der Waals surface area contributed by atoms with Crippen LogP contribution in [0.4, 0.5) is 14.6 Å². The van der Waals surface area contributed by atoms with E-state index < -0.39 is 11.6 Å². The molecule has 27 heavy (non-hydrogen) atoms. The molecule has 1 aliphatic heterocycles. The molecule has 0 amide bonds. The maximum atomic E-state index is 13.8. The molecule has 4 heterocycles. The quantitative estimate of drug-likeness (QED) is 0.699. The molecule has 0 atom stereocenters. The van der Waals surface area contributed by atoms with Gasteiger partial charge in [-0.3, -0.25) is 9.88 Å². The van der Waals surface area contributed by atoms with Crippen LogP contribution in [-0.4, -0.2) is 56.0 Å². The maximum absolute atomic E-state index is 13.8. The summed E-state index contributed by atoms with van der Waals surface area (Å²) >= 11 is 0. The van der Waals surface area contributed by atoms with Crippen molar-refractivity contribution in [2.75, 3.05) is 31.1 Å². The van der Waals surface area contributed by atoms with E-state index in [-0.39, 0.29) is 12.1 Å². The van der Waals surface area contributed by atoms with E-state index in [1.165, 1.54) is 0 Å². The van der Waals surface area contributed by atoms with E-state index in [9.17, 15) is 8.78 Å². The van der Waals surface area contributed by atoms with Crippen LogP contribution in [0.2, 0.25) is 0 Å². The van der Waals surface area contributed by atoms with Crippen LogP contribution in [0.3, 0.4) is 0 Å². The van der Waals surface area contributed by atoms with Crippen LogP contribution in [-0.2, 0) is 6.54 Å². The highest BCUT2D eigenvalue weighted by atomic mass is 19.1. The molecule has 0 N–H and O–H groups in total. The van der Waals surface area contributed by atoms with Crippen molar-refractivity contribution in [2.45, 2.75) is 13.5 Å². The molecular weight excluding hydrogens is 352 g/mol. The summed E-state index contributed by atoms with van der Waals surface area (Å²) in [7, 11) is 0. The molecule has 9 heteroatoms. The summed E-state index contributed by atoms with van der Waals surface area (Å²) in [6.07, 6.45) is 3.94. The van der Waals surface area contributed by atoms with E-state index in [1.807, 2.05) is 36.2 Å². The highest BCUT2D eigenvalue weighted by molar-refractivity contribution is 5.40. The Bertz CT molecular complexity index is 897. The molecule has 4 rings (SSSR count). The van der Waals surface area contributed by atoms with E-state index in [0.717, 1.165) is 23.9 Å². The number of anilines is 1. The molecule has 140 valence electrons. The molecule has 7 nitrogen and oxygen atoms in total. The third kappa shape index (κ3) is 3.77. The zero-order chi connectivity index (χ0) is 18.8. The summed E-state index contributed by atoms with van der Waals surface area (Å²) in [5, 5.41) is 12.8. The zero-order valence-electron chi connectivity index (χ0n) is 14.9. The Morgan fingerprint density at radius 1 is 0.926 bits per heavy atom. The number of aryl methyl sites for hydroxylation is 1. The van der Waals surface area contributed by atoms with Crippen molar-refractivity contribution in [1.29, 1.82) is 0 Å². The summed E-state index contributed by atoms with van der Waals surface area (Å²) < 4.78 is 29.2. The first-order valence-electron chi connectivity index (χ1n) is 8.72. The first-order valence-corrected chi connectivity index (χ1v) is 8.72. The van der Waals surface area contributed by atoms with Gasteiger partial charge in [-0.25, -0.2) is 13.5 Å². The summed E-state index contributed by atoms with van der Waals surface area (Å²) in [5.41, 5.74) is 0.983. The Hall–Kier alpha value is -2.94. The van der Waals surface area contributed by atoms with Crippen molar-refractivity contribution >= 4 is 5.82 Å². The lowest BCUT2D eigenvalue weighted by molar-refractivity contribution is 0.242. The van der Waals surface area contributed by atoms with E-state index >= 15 is 0 Å². The van der Waals surface area contributed by atoms with E-state index in [2.05, 4.69) is 25.2 Å². The third-order valence-electron chi connectivity index (χ3n) is 4.62. The molecule has 3 aromatic rings. The van der Waals surface area contributed by atoms with Crippen LogP contribution >= 0.6 is 0 Å². The smallest absolute Gasteiger partial charge is 0.175 e. The highest BCUT2D eigenvalue weighted by Gasteiger charge is 2.21. The Labute approximate surface area is 155 Å². The lowest BCUT2D eigenvalue weighted by Crippen LogP contribution is -2.46. The fourth-order valence-electron chi connectivity index (χ4n) is 3.10. The fraction of sp³-hybridized carbons (Fsp3) is 0.333. The van der Waals surface area contributed by atoms with Gasteiger partial charge in [-0.2, -0.15) is 5.10 Å². The lowest BCUT2D eigenvalue weighted by atomic mass is 10.2. The van der Waals surface area contributed by atoms with Gasteiger partial charge in [0.15, 0.2) is 11.6 Å². The van der Waals surface area contributed by atoms with Crippen LogP contribution in [0.25, 0.3) is 5.82 Å². The van der Waals surface area contributed by atoms with Crippen molar-refractivity contribution in [3.8, 4) is 5.82 Å². The minimum Gasteiger partial charge on any atom is -0.353 e. The molecule has 0 bridgehead atoms. The average Bonchev–Trinajstić information content (AvgIpc) is 3.12. The number of aromatic nitrogens is 5. The molecule has 0 aromatic carbocycles. The van der Waals surface area contributed by atoms with Gasteiger partial charge in [0.25, 0.3) is 0 Å². The summed E-state index contributed by atoms with van der Waals surface area (Å²) in [6, 6.07) is 5.70. The van der Waals surface area contributed by atoms with Crippen molar-refractivity contribution in [2.24, 2.45) is 0 Å². The van der Waals surface area contributed by atoms with Crippen LogP contribution in [0, 0.1) is 18.6 Å². The summed E-state index contributed by atoms with van der Waals surface area (Å²) in [4.78, 5) is 7.65. The van der Waals surface area contributed by atoms with Gasteiger partial charge in [0, 0.05) is 44.5 Å². The molecule has 1 saturated heterocycles. The van der Waals surface area contributed by atoms with Gasteiger partial charge in [-0.15, -0.1) is 10.2 Å². The first-order chi connectivity index (χ1) is 13.1. The number of pyridine rings is 1. The lowest BCUT2D eigenvalue weighted by Gasteiger charge is -2.35. The first kappa shape index (κ1) is 17.5. The Balaban J connectivity index is 1.38. The average molecular weight is 371 g/mol. The van der Waals surface area contributed by atoms with Gasteiger partial charge in [0.05, 0.1) is 18.1 Å². The highest BCUT2D eigenvalue weighted by Crippen LogP contribution is 2.18. The number of nitrogens with zero attached hydrogens (tertiary/aromatic N) is 7. The number of halogens is 2. The molecule has 0 aliphatic carbocycles. The van der Waals surface area contributed by atoms with Crippen molar-refractivity contribution in [3.63, 3.8) is 0 Å². The molecule has 0 radical (unpaired) electrons. The minimum absolute atomic E-state index is 0.0668. The van der Waals surface area contributed by atoms with Gasteiger partial charge < -0.3 is 4.90 Å². The number of piperazine rings is 1. The fourth-order valence-corrected chi connectivity index (χ4v) is 3.10. The molecule has 0 saturated carbocycles. The molecular formula is C18H19F2N7. The Morgan fingerprint density at radius 3 is 2.19 bits per heavy atom. The van der Waals surface area contributed by atoms with Gasteiger partial charge >= 0.3 is 0 Å². The maximum Gasteiger partial charge on any atom is 0.175 e. The molecule has 0 spiro atoms. The minimum atomic E-state index is -0.604. The third-order valence-corrected chi connectivity index (χ3v) is 4.62. The van der Waals surface area contributed by atoms with Gasteiger partial charge in [0.1, 0.15) is 11.6 Å². The number of hydrogen-bond donors (Lipinski definition) is 0. The standard InChI is InChI=1S/C18H19F2N7/c1-13-4-5-27(24-13)18-3-2-17(22-23-18)26-8-6-25(7-9-26)12-14-15(19)10-21-11-16(14)20/h2-5,10-11H,6-9,12H2,1H3. The molecule has 1 aliphatic rings. The predicted octanol–water partition coefficient (Wildman–Crippen LogP) is 1.97.